The normalized spacial score (nSPS) is 17.2. The molecule has 1 saturated heterocycles. The third-order valence-electron chi connectivity index (χ3n) is 4.29. The van der Waals surface area contributed by atoms with Gasteiger partial charge in [0.15, 0.2) is 0 Å². The van der Waals surface area contributed by atoms with Crippen molar-refractivity contribution in [1.82, 2.24) is 20.7 Å². The summed E-state index contributed by atoms with van der Waals surface area (Å²) in [5, 5.41) is 3.34. The molecule has 2 amide bonds. The van der Waals surface area contributed by atoms with Crippen molar-refractivity contribution in [3.63, 3.8) is 0 Å². The van der Waals surface area contributed by atoms with E-state index in [1.165, 1.54) is 11.3 Å². The van der Waals surface area contributed by atoms with Crippen LogP contribution in [0.15, 0.2) is 29.6 Å². The summed E-state index contributed by atoms with van der Waals surface area (Å²) in [6.07, 6.45) is 2.14. The molecule has 2 heterocycles. The van der Waals surface area contributed by atoms with Gasteiger partial charge >= 0.3 is 0 Å². The Labute approximate surface area is 161 Å². The van der Waals surface area contributed by atoms with Crippen molar-refractivity contribution in [2.45, 2.75) is 32.2 Å². The molecule has 0 saturated carbocycles. The van der Waals surface area contributed by atoms with Gasteiger partial charge < -0.3 is 0 Å². The number of aryl methyl sites for hydroxylation is 1. The van der Waals surface area contributed by atoms with Crippen LogP contribution < -0.4 is 10.9 Å². The molecule has 3 rings (SSSR count). The monoisotopic (exact) mass is 392 g/mol. The van der Waals surface area contributed by atoms with Gasteiger partial charge in [-0.2, -0.15) is 0 Å². The topological polar surface area (TPSA) is 74.3 Å². The predicted molar refractivity (Wildman–Crippen MR) is 102 cm³/mol. The summed E-state index contributed by atoms with van der Waals surface area (Å²) in [6, 6.07) is 7.86. The Morgan fingerprint density at radius 3 is 2.81 bits per heavy atom. The summed E-state index contributed by atoms with van der Waals surface area (Å²) in [4.78, 5) is 30.4. The molecule has 138 valence electrons. The van der Waals surface area contributed by atoms with Crippen LogP contribution in [0, 0.1) is 6.92 Å². The number of likely N-dealkylation sites (tertiary alicyclic amines) is 1. The molecule has 26 heavy (non-hydrogen) atoms. The van der Waals surface area contributed by atoms with Gasteiger partial charge in [0.25, 0.3) is 5.91 Å². The fraction of sp³-hybridized carbons (Fsp3) is 0.389. The van der Waals surface area contributed by atoms with E-state index in [1.54, 1.807) is 0 Å². The van der Waals surface area contributed by atoms with Crippen LogP contribution in [0.25, 0.3) is 0 Å². The molecule has 0 spiro atoms. The Kier molecular flexibility index (Phi) is 6.24. The van der Waals surface area contributed by atoms with Gasteiger partial charge in [-0.1, -0.05) is 29.8 Å². The smallest absolute Gasteiger partial charge is 0.252 e. The number of rotatable bonds is 5. The number of carbonyl (C=O) groups excluding carboxylic acids is 2. The van der Waals surface area contributed by atoms with Gasteiger partial charge in [0.05, 0.1) is 13.0 Å². The molecule has 1 atom stereocenters. The Balaban J connectivity index is 1.49. The first kappa shape index (κ1) is 18.8. The molecule has 1 aliphatic rings. The number of hydrazine groups is 1. The maximum Gasteiger partial charge on any atom is 0.252 e. The summed E-state index contributed by atoms with van der Waals surface area (Å²) < 4.78 is 0. The van der Waals surface area contributed by atoms with Crippen LogP contribution in [0.4, 0.5) is 0 Å². The molecule has 1 unspecified atom stereocenters. The lowest BCUT2D eigenvalue weighted by atomic mass is 10.0. The zero-order chi connectivity index (χ0) is 18.5. The van der Waals surface area contributed by atoms with E-state index in [0.717, 1.165) is 40.7 Å². The molecule has 1 fully saturated rings. The molecule has 1 aromatic carbocycles. The van der Waals surface area contributed by atoms with Gasteiger partial charge in [0.1, 0.15) is 5.01 Å². The fourth-order valence-corrected chi connectivity index (χ4v) is 4.17. The van der Waals surface area contributed by atoms with Crippen LogP contribution in [0.5, 0.6) is 0 Å². The van der Waals surface area contributed by atoms with Crippen molar-refractivity contribution in [1.29, 1.82) is 0 Å². The molecule has 0 bridgehead atoms. The van der Waals surface area contributed by atoms with Gasteiger partial charge in [0.2, 0.25) is 5.91 Å². The lowest BCUT2D eigenvalue weighted by Gasteiger charge is -2.25. The van der Waals surface area contributed by atoms with E-state index in [-0.39, 0.29) is 30.8 Å². The number of halogens is 1. The van der Waals surface area contributed by atoms with E-state index in [2.05, 4.69) is 20.7 Å². The summed E-state index contributed by atoms with van der Waals surface area (Å²) in [7, 11) is 0. The number of benzene rings is 1. The van der Waals surface area contributed by atoms with Crippen LogP contribution in [-0.4, -0.2) is 34.8 Å². The highest BCUT2D eigenvalue weighted by Gasteiger charge is 2.28. The SMILES string of the molecule is Cc1csc(CC(=O)NNC(=O)CN2CCCC2c2ccccc2Cl)n1. The number of hydrogen-bond acceptors (Lipinski definition) is 5. The third-order valence-corrected chi connectivity index (χ3v) is 5.61. The number of nitrogens with one attached hydrogen (secondary N) is 2. The molecule has 0 aliphatic carbocycles. The van der Waals surface area contributed by atoms with Gasteiger partial charge in [-0.15, -0.1) is 11.3 Å². The first-order valence-electron chi connectivity index (χ1n) is 8.50. The first-order valence-corrected chi connectivity index (χ1v) is 9.76. The molecule has 2 N–H and O–H groups in total. The van der Waals surface area contributed by atoms with E-state index >= 15 is 0 Å². The van der Waals surface area contributed by atoms with E-state index in [0.29, 0.717) is 0 Å². The van der Waals surface area contributed by atoms with Crippen molar-refractivity contribution in [3.05, 3.63) is 50.9 Å². The van der Waals surface area contributed by atoms with Crippen LogP contribution in [0.2, 0.25) is 5.02 Å². The minimum absolute atomic E-state index is 0.128. The number of thiazole rings is 1. The van der Waals surface area contributed by atoms with Crippen molar-refractivity contribution < 1.29 is 9.59 Å². The standard InChI is InChI=1S/C18H21ClN4O2S/c1-12-11-26-18(20-12)9-16(24)21-22-17(25)10-23-8-4-7-15(23)13-5-2-3-6-14(13)19/h2-3,5-6,11,15H,4,7-10H2,1H3,(H,21,24)(H,22,25). The molecule has 2 aromatic rings. The van der Waals surface area contributed by atoms with E-state index in [1.807, 2.05) is 36.6 Å². The number of amides is 2. The highest BCUT2D eigenvalue weighted by molar-refractivity contribution is 7.09. The molecular weight excluding hydrogens is 372 g/mol. The van der Waals surface area contributed by atoms with Crippen molar-refractivity contribution in [3.8, 4) is 0 Å². The highest BCUT2D eigenvalue weighted by Crippen LogP contribution is 2.35. The van der Waals surface area contributed by atoms with Gasteiger partial charge in [-0.05, 0) is 37.9 Å². The number of hydrogen-bond donors (Lipinski definition) is 2. The van der Waals surface area contributed by atoms with Gasteiger partial charge in [-0.25, -0.2) is 4.98 Å². The maximum absolute atomic E-state index is 12.2. The molecule has 0 radical (unpaired) electrons. The maximum atomic E-state index is 12.2. The van der Waals surface area contributed by atoms with Gasteiger partial charge in [-0.3, -0.25) is 25.3 Å². The zero-order valence-corrected chi connectivity index (χ0v) is 16.1. The number of carbonyl (C=O) groups is 2. The molecule has 8 heteroatoms. The Bertz CT molecular complexity index is 795. The van der Waals surface area contributed by atoms with E-state index in [4.69, 9.17) is 11.6 Å². The van der Waals surface area contributed by atoms with Crippen LogP contribution in [0.3, 0.4) is 0 Å². The fourth-order valence-electron chi connectivity index (χ4n) is 3.14. The molecule has 1 aromatic heterocycles. The van der Waals surface area contributed by atoms with Gasteiger partial charge in [0, 0.05) is 22.1 Å². The predicted octanol–water partition coefficient (Wildman–Crippen LogP) is 2.63. The second kappa shape index (κ2) is 8.62. The quantitative estimate of drug-likeness (QED) is 0.767. The lowest BCUT2D eigenvalue weighted by molar-refractivity contribution is -0.129. The molecular formula is C18H21ClN4O2S. The second-order valence-corrected chi connectivity index (χ2v) is 7.66. The lowest BCUT2D eigenvalue weighted by Crippen LogP contribution is -2.46. The molecule has 1 aliphatic heterocycles. The third kappa shape index (κ3) is 4.81. The summed E-state index contributed by atoms with van der Waals surface area (Å²) >= 11 is 7.73. The van der Waals surface area contributed by atoms with Crippen molar-refractivity contribution >= 4 is 34.8 Å². The average molecular weight is 393 g/mol. The molecule has 6 nitrogen and oxygen atoms in total. The summed E-state index contributed by atoms with van der Waals surface area (Å²) in [6.45, 7) is 2.92. The van der Waals surface area contributed by atoms with E-state index in [9.17, 15) is 9.59 Å². The first-order chi connectivity index (χ1) is 12.5. The highest BCUT2D eigenvalue weighted by atomic mass is 35.5. The van der Waals surface area contributed by atoms with Crippen molar-refractivity contribution in [2.24, 2.45) is 0 Å². The average Bonchev–Trinajstić information content (AvgIpc) is 3.22. The number of nitrogens with zero attached hydrogens (tertiary/aromatic N) is 2. The van der Waals surface area contributed by atoms with Crippen LogP contribution in [0.1, 0.15) is 35.1 Å². The minimum atomic E-state index is -0.281. The second-order valence-electron chi connectivity index (χ2n) is 6.31. The summed E-state index contributed by atoms with van der Waals surface area (Å²) in [5.41, 5.74) is 6.88. The minimum Gasteiger partial charge on any atom is -0.287 e. The van der Waals surface area contributed by atoms with E-state index < -0.39 is 0 Å². The van der Waals surface area contributed by atoms with Crippen molar-refractivity contribution in [2.75, 3.05) is 13.1 Å². The number of aromatic nitrogens is 1. The summed E-state index contributed by atoms with van der Waals surface area (Å²) in [5.74, 6) is -0.524. The van der Waals surface area contributed by atoms with Crippen LogP contribution in [-0.2, 0) is 16.0 Å². The zero-order valence-electron chi connectivity index (χ0n) is 14.5. The Morgan fingerprint density at radius 2 is 2.08 bits per heavy atom. The largest absolute Gasteiger partial charge is 0.287 e. The Morgan fingerprint density at radius 1 is 1.31 bits per heavy atom. The Hall–Kier alpha value is -1.96. The van der Waals surface area contributed by atoms with Crippen LogP contribution >= 0.6 is 22.9 Å².